The van der Waals surface area contributed by atoms with Gasteiger partial charge in [-0.3, -0.25) is 4.79 Å². The first-order valence-corrected chi connectivity index (χ1v) is 6.41. The number of anilines is 2. The molecule has 0 radical (unpaired) electrons. The smallest absolute Gasteiger partial charge is 0.250 e. The van der Waals surface area contributed by atoms with Crippen molar-refractivity contribution in [2.24, 2.45) is 5.73 Å². The van der Waals surface area contributed by atoms with E-state index < -0.39 is 5.91 Å². The van der Waals surface area contributed by atoms with Crippen LogP contribution < -0.4 is 16.4 Å². The summed E-state index contributed by atoms with van der Waals surface area (Å²) in [7, 11) is 0. The lowest BCUT2D eigenvalue weighted by Gasteiger charge is -2.28. The van der Waals surface area contributed by atoms with Gasteiger partial charge >= 0.3 is 0 Å². The maximum absolute atomic E-state index is 11.3. The molecule has 0 aromatic carbocycles. The van der Waals surface area contributed by atoms with Gasteiger partial charge in [0.25, 0.3) is 5.91 Å². The SMILES string of the molecule is CC1CCCCCN1c1cc(C(N)=O)c(N)cn1. The monoisotopic (exact) mass is 248 g/mol. The Balaban J connectivity index is 2.31. The summed E-state index contributed by atoms with van der Waals surface area (Å²) in [6, 6.07) is 2.14. The summed E-state index contributed by atoms with van der Waals surface area (Å²) in [5.41, 5.74) is 11.7. The Morgan fingerprint density at radius 2 is 2.22 bits per heavy atom. The van der Waals surface area contributed by atoms with Crippen LogP contribution in [0.25, 0.3) is 0 Å². The lowest BCUT2D eigenvalue weighted by molar-refractivity contribution is 0.100. The minimum absolute atomic E-state index is 0.341. The van der Waals surface area contributed by atoms with Gasteiger partial charge < -0.3 is 16.4 Å². The molecule has 98 valence electrons. The molecule has 1 amide bonds. The molecule has 0 bridgehead atoms. The molecule has 1 aliphatic heterocycles. The Labute approximate surface area is 107 Å². The van der Waals surface area contributed by atoms with E-state index in [0.717, 1.165) is 25.2 Å². The van der Waals surface area contributed by atoms with Gasteiger partial charge in [0.1, 0.15) is 5.82 Å². The van der Waals surface area contributed by atoms with Crippen LogP contribution in [0.2, 0.25) is 0 Å². The highest BCUT2D eigenvalue weighted by Crippen LogP contribution is 2.24. The van der Waals surface area contributed by atoms with Crippen LogP contribution in [0, 0.1) is 0 Å². The van der Waals surface area contributed by atoms with Gasteiger partial charge in [-0.1, -0.05) is 12.8 Å². The van der Waals surface area contributed by atoms with Crippen molar-refractivity contribution in [3.8, 4) is 0 Å². The molecule has 5 nitrogen and oxygen atoms in total. The Bertz CT molecular complexity index is 447. The van der Waals surface area contributed by atoms with Gasteiger partial charge in [0, 0.05) is 12.6 Å². The average molecular weight is 248 g/mol. The van der Waals surface area contributed by atoms with Crippen molar-refractivity contribution in [2.75, 3.05) is 17.2 Å². The molecule has 18 heavy (non-hydrogen) atoms. The first kappa shape index (κ1) is 12.7. The van der Waals surface area contributed by atoms with Crippen molar-refractivity contribution in [3.63, 3.8) is 0 Å². The number of pyridine rings is 1. The molecule has 1 unspecified atom stereocenters. The predicted molar refractivity (Wildman–Crippen MR) is 72.4 cm³/mol. The minimum Gasteiger partial charge on any atom is -0.397 e. The van der Waals surface area contributed by atoms with Crippen molar-refractivity contribution >= 4 is 17.4 Å². The molecular weight excluding hydrogens is 228 g/mol. The summed E-state index contributed by atoms with van der Waals surface area (Å²) in [5.74, 6) is 0.297. The molecule has 1 aromatic rings. The average Bonchev–Trinajstić information content (AvgIpc) is 2.54. The number of carbonyl (C=O) groups is 1. The maximum atomic E-state index is 11.3. The van der Waals surface area contributed by atoms with Gasteiger partial charge in [0.05, 0.1) is 17.4 Å². The Hall–Kier alpha value is -1.78. The van der Waals surface area contributed by atoms with E-state index in [-0.39, 0.29) is 0 Å². The third-order valence-corrected chi connectivity index (χ3v) is 3.53. The van der Waals surface area contributed by atoms with Crippen LogP contribution in [0.5, 0.6) is 0 Å². The molecule has 0 aliphatic carbocycles. The fourth-order valence-corrected chi connectivity index (χ4v) is 2.44. The summed E-state index contributed by atoms with van der Waals surface area (Å²) < 4.78 is 0. The first-order chi connectivity index (χ1) is 8.59. The fraction of sp³-hybridized carbons (Fsp3) is 0.538. The van der Waals surface area contributed by atoms with Crippen LogP contribution in [-0.4, -0.2) is 23.5 Å². The maximum Gasteiger partial charge on any atom is 0.250 e. The van der Waals surface area contributed by atoms with Gasteiger partial charge in [-0.05, 0) is 25.8 Å². The summed E-state index contributed by atoms with van der Waals surface area (Å²) in [5, 5.41) is 0. The number of hydrogen-bond donors (Lipinski definition) is 2. The quantitative estimate of drug-likeness (QED) is 0.831. The molecule has 2 heterocycles. The molecule has 0 saturated carbocycles. The number of amides is 1. The molecule has 1 atom stereocenters. The number of primary amides is 1. The van der Waals surface area contributed by atoms with E-state index >= 15 is 0 Å². The standard InChI is InChI=1S/C13H20N4O/c1-9-5-3-2-4-6-17(9)12-7-10(13(15)18)11(14)8-16-12/h7-9H,2-6,14H2,1H3,(H2,15,18). The van der Waals surface area contributed by atoms with E-state index in [2.05, 4.69) is 16.8 Å². The number of carbonyl (C=O) groups excluding carboxylic acids is 1. The van der Waals surface area contributed by atoms with Crippen LogP contribution in [0.4, 0.5) is 11.5 Å². The van der Waals surface area contributed by atoms with Crippen molar-refractivity contribution in [1.29, 1.82) is 0 Å². The molecule has 5 heteroatoms. The van der Waals surface area contributed by atoms with Crippen LogP contribution in [0.3, 0.4) is 0 Å². The van der Waals surface area contributed by atoms with Crippen LogP contribution in [0.15, 0.2) is 12.3 Å². The normalized spacial score (nSPS) is 20.5. The molecule has 0 spiro atoms. The van der Waals surface area contributed by atoms with Crippen molar-refractivity contribution in [2.45, 2.75) is 38.6 Å². The first-order valence-electron chi connectivity index (χ1n) is 6.41. The largest absolute Gasteiger partial charge is 0.397 e. The Kier molecular flexibility index (Phi) is 3.69. The third kappa shape index (κ3) is 2.55. The van der Waals surface area contributed by atoms with Gasteiger partial charge in [-0.25, -0.2) is 4.98 Å². The fourth-order valence-electron chi connectivity index (χ4n) is 2.44. The molecule has 1 fully saturated rings. The zero-order valence-corrected chi connectivity index (χ0v) is 10.7. The van der Waals surface area contributed by atoms with Crippen molar-refractivity contribution in [3.05, 3.63) is 17.8 Å². The number of nitrogens with two attached hydrogens (primary N) is 2. The molecule has 1 aliphatic rings. The summed E-state index contributed by atoms with van der Waals surface area (Å²) in [6.07, 6.45) is 6.32. The molecule has 4 N–H and O–H groups in total. The number of aromatic nitrogens is 1. The number of rotatable bonds is 2. The number of nitrogens with zero attached hydrogens (tertiary/aromatic N) is 2. The summed E-state index contributed by atoms with van der Waals surface area (Å²) in [4.78, 5) is 17.9. The van der Waals surface area contributed by atoms with Gasteiger partial charge in [-0.15, -0.1) is 0 Å². The van der Waals surface area contributed by atoms with E-state index in [1.165, 1.54) is 19.0 Å². The highest BCUT2D eigenvalue weighted by Gasteiger charge is 2.19. The molecule has 2 rings (SSSR count). The van der Waals surface area contributed by atoms with E-state index in [1.807, 2.05) is 0 Å². The Morgan fingerprint density at radius 3 is 2.94 bits per heavy atom. The second-order valence-electron chi connectivity index (χ2n) is 4.89. The van der Waals surface area contributed by atoms with Crippen molar-refractivity contribution < 1.29 is 4.79 Å². The number of nitrogen functional groups attached to an aromatic ring is 1. The second-order valence-corrected chi connectivity index (χ2v) is 4.89. The van der Waals surface area contributed by atoms with Crippen LogP contribution >= 0.6 is 0 Å². The highest BCUT2D eigenvalue weighted by atomic mass is 16.1. The van der Waals surface area contributed by atoms with Crippen molar-refractivity contribution in [1.82, 2.24) is 4.98 Å². The highest BCUT2D eigenvalue weighted by molar-refractivity contribution is 5.98. The van der Waals surface area contributed by atoms with E-state index in [0.29, 0.717) is 17.3 Å². The zero-order chi connectivity index (χ0) is 13.1. The van der Waals surface area contributed by atoms with Gasteiger partial charge in [0.15, 0.2) is 0 Å². The third-order valence-electron chi connectivity index (χ3n) is 3.53. The second kappa shape index (κ2) is 5.25. The van der Waals surface area contributed by atoms with E-state index in [1.54, 1.807) is 6.07 Å². The van der Waals surface area contributed by atoms with Gasteiger partial charge in [0.2, 0.25) is 0 Å². The summed E-state index contributed by atoms with van der Waals surface area (Å²) >= 11 is 0. The topological polar surface area (TPSA) is 85.2 Å². The Morgan fingerprint density at radius 1 is 1.44 bits per heavy atom. The molecule has 1 saturated heterocycles. The van der Waals surface area contributed by atoms with Crippen LogP contribution in [0.1, 0.15) is 43.0 Å². The molecule has 1 aromatic heterocycles. The van der Waals surface area contributed by atoms with E-state index in [9.17, 15) is 4.79 Å². The zero-order valence-electron chi connectivity index (χ0n) is 10.7. The molecular formula is C13H20N4O. The number of hydrogen-bond acceptors (Lipinski definition) is 4. The van der Waals surface area contributed by atoms with Gasteiger partial charge in [-0.2, -0.15) is 0 Å². The predicted octanol–water partition coefficient (Wildman–Crippen LogP) is 1.53. The minimum atomic E-state index is -0.501. The summed E-state index contributed by atoms with van der Waals surface area (Å²) in [6.45, 7) is 3.16. The van der Waals surface area contributed by atoms with Crippen LogP contribution in [-0.2, 0) is 0 Å². The van der Waals surface area contributed by atoms with E-state index in [4.69, 9.17) is 11.5 Å². The lowest BCUT2D eigenvalue weighted by Crippen LogP contribution is -2.33. The lowest BCUT2D eigenvalue weighted by atomic mass is 10.1.